The molecule has 0 fully saturated rings. The smallest absolute Gasteiger partial charge is 0.265 e. The summed E-state index contributed by atoms with van der Waals surface area (Å²) in [6, 6.07) is 10.6. The van der Waals surface area contributed by atoms with E-state index in [0.717, 1.165) is 4.88 Å². The molecule has 2 rings (SSSR count). The number of nitrogens with one attached hydrogen (secondary N) is 1. The fourth-order valence-electron chi connectivity index (χ4n) is 1.38. The molecule has 0 saturated carbocycles. The maximum Gasteiger partial charge on any atom is 0.265 e. The van der Waals surface area contributed by atoms with Crippen LogP contribution in [0.15, 0.2) is 46.9 Å². The summed E-state index contributed by atoms with van der Waals surface area (Å²) < 4.78 is 0. The fourth-order valence-corrected chi connectivity index (χ4v) is 2.18. The largest absolute Gasteiger partial charge is 0.384 e. The molecule has 0 saturated heterocycles. The van der Waals surface area contributed by atoms with E-state index < -0.39 is 0 Å². The highest BCUT2D eigenvalue weighted by Crippen LogP contribution is 2.20. The van der Waals surface area contributed by atoms with Gasteiger partial charge in [-0.3, -0.25) is 4.79 Å². The van der Waals surface area contributed by atoms with Crippen molar-refractivity contribution in [3.05, 3.63) is 51.7 Å². The molecule has 1 aromatic heterocycles. The highest BCUT2D eigenvalue weighted by atomic mass is 35.5. The third-order valence-corrected chi connectivity index (χ3v) is 3.50. The van der Waals surface area contributed by atoms with Gasteiger partial charge in [0.2, 0.25) is 0 Å². The molecule has 0 radical (unpaired) electrons. The summed E-state index contributed by atoms with van der Waals surface area (Å²) in [4.78, 5) is 17.3. The molecule has 3 N–H and O–H groups in total. The number of hydrogen-bond acceptors (Lipinski definition) is 4. The number of rotatable bonds is 5. The first-order valence-electron chi connectivity index (χ1n) is 5.70. The summed E-state index contributed by atoms with van der Waals surface area (Å²) in [6.07, 6.45) is 0. The Hall–Kier alpha value is -2.05. The van der Waals surface area contributed by atoms with Crippen molar-refractivity contribution in [3.63, 3.8) is 0 Å². The van der Waals surface area contributed by atoms with Crippen molar-refractivity contribution in [1.29, 1.82) is 0 Å². The Morgan fingerprint density at radius 3 is 2.85 bits per heavy atom. The third-order valence-electron chi connectivity index (χ3n) is 2.28. The number of carbonyl (C=O) groups is 1. The average Bonchev–Trinajstić information content (AvgIpc) is 2.95. The number of oxime groups is 1. The first kappa shape index (κ1) is 14.4. The Labute approximate surface area is 125 Å². The molecule has 0 unspecified atom stereocenters. The van der Waals surface area contributed by atoms with Crippen molar-refractivity contribution in [2.75, 3.05) is 11.9 Å². The highest BCUT2D eigenvalue weighted by molar-refractivity contribution is 7.12. The summed E-state index contributed by atoms with van der Waals surface area (Å²) in [6.45, 7) is -0.239. The number of para-hydroxylation sites is 1. The van der Waals surface area contributed by atoms with E-state index in [1.54, 1.807) is 24.3 Å². The lowest BCUT2D eigenvalue weighted by Crippen LogP contribution is -2.19. The van der Waals surface area contributed by atoms with Gasteiger partial charge >= 0.3 is 0 Å². The van der Waals surface area contributed by atoms with Crippen LogP contribution < -0.4 is 11.1 Å². The quantitative estimate of drug-likeness (QED) is 0.506. The van der Waals surface area contributed by atoms with Gasteiger partial charge in [-0.15, -0.1) is 11.3 Å². The number of amides is 1. The van der Waals surface area contributed by atoms with Crippen LogP contribution in [0, 0.1) is 0 Å². The second-order valence-electron chi connectivity index (χ2n) is 3.76. The van der Waals surface area contributed by atoms with Crippen LogP contribution >= 0.6 is 22.9 Å². The molecule has 0 aliphatic heterocycles. The fraction of sp³-hybridized carbons (Fsp3) is 0.0769. The van der Waals surface area contributed by atoms with E-state index in [2.05, 4.69) is 10.5 Å². The Kier molecular flexibility index (Phi) is 4.97. The monoisotopic (exact) mass is 309 g/mol. The number of halogens is 1. The van der Waals surface area contributed by atoms with Gasteiger partial charge in [-0.2, -0.15) is 0 Å². The van der Waals surface area contributed by atoms with E-state index in [4.69, 9.17) is 22.2 Å². The minimum Gasteiger partial charge on any atom is -0.384 e. The number of thiophene rings is 1. The molecule has 5 nitrogen and oxygen atoms in total. The summed E-state index contributed by atoms with van der Waals surface area (Å²) >= 11 is 7.36. The Bertz CT molecular complexity index is 614. The number of hydrogen-bond donors (Lipinski definition) is 2. The van der Waals surface area contributed by atoms with E-state index in [1.165, 1.54) is 11.3 Å². The summed E-state index contributed by atoms with van der Waals surface area (Å²) in [5.41, 5.74) is 6.21. The number of benzene rings is 1. The molecule has 0 aliphatic carbocycles. The second-order valence-corrected chi connectivity index (χ2v) is 5.11. The van der Waals surface area contributed by atoms with Gasteiger partial charge in [-0.1, -0.05) is 35.0 Å². The van der Waals surface area contributed by atoms with Gasteiger partial charge in [0.25, 0.3) is 5.91 Å². The minimum absolute atomic E-state index is 0.239. The predicted octanol–water partition coefficient (Wildman–Crippen LogP) is 2.68. The maximum absolute atomic E-state index is 11.6. The Morgan fingerprint density at radius 1 is 1.35 bits per heavy atom. The first-order chi connectivity index (χ1) is 9.66. The van der Waals surface area contributed by atoms with E-state index in [-0.39, 0.29) is 18.3 Å². The number of carbonyl (C=O) groups excluding carboxylic acids is 1. The molecule has 0 spiro atoms. The van der Waals surface area contributed by atoms with Crippen LogP contribution in [0.1, 0.15) is 4.88 Å². The van der Waals surface area contributed by atoms with Crippen LogP contribution in [-0.2, 0) is 9.63 Å². The van der Waals surface area contributed by atoms with Gasteiger partial charge in [0.15, 0.2) is 12.4 Å². The lowest BCUT2D eigenvalue weighted by Gasteiger charge is -2.06. The molecular formula is C13H12ClN3O2S. The standard InChI is InChI=1S/C13H12ClN3O2S/c14-9-4-1-2-5-10(9)16-12(18)8-19-17-13(15)11-6-3-7-20-11/h1-7H,8H2,(H2,15,17)(H,16,18). The van der Waals surface area contributed by atoms with Crippen LogP contribution in [0.2, 0.25) is 5.02 Å². The third kappa shape index (κ3) is 3.97. The van der Waals surface area contributed by atoms with Crippen LogP contribution in [-0.4, -0.2) is 18.3 Å². The Morgan fingerprint density at radius 2 is 2.15 bits per heavy atom. The van der Waals surface area contributed by atoms with Gasteiger partial charge in [-0.25, -0.2) is 0 Å². The van der Waals surface area contributed by atoms with Crippen LogP contribution in [0.5, 0.6) is 0 Å². The maximum atomic E-state index is 11.6. The van der Waals surface area contributed by atoms with Gasteiger partial charge < -0.3 is 15.9 Å². The SMILES string of the molecule is NC(=NOCC(=O)Nc1ccccc1Cl)c1cccs1. The van der Waals surface area contributed by atoms with Crippen molar-refractivity contribution in [2.24, 2.45) is 10.9 Å². The molecule has 1 aromatic carbocycles. The minimum atomic E-state index is -0.360. The second kappa shape index (κ2) is 6.93. The number of nitrogens with zero attached hydrogens (tertiary/aromatic N) is 1. The van der Waals surface area contributed by atoms with E-state index in [1.807, 2.05) is 17.5 Å². The summed E-state index contributed by atoms with van der Waals surface area (Å²) in [7, 11) is 0. The van der Waals surface area contributed by atoms with Crippen molar-refractivity contribution >= 4 is 40.4 Å². The van der Waals surface area contributed by atoms with Crippen LogP contribution in [0.3, 0.4) is 0 Å². The topological polar surface area (TPSA) is 76.7 Å². The van der Waals surface area contributed by atoms with Crippen LogP contribution in [0.4, 0.5) is 5.69 Å². The molecule has 0 bridgehead atoms. The van der Waals surface area contributed by atoms with Crippen molar-refractivity contribution in [2.45, 2.75) is 0 Å². The molecule has 104 valence electrons. The molecule has 7 heteroatoms. The molecule has 0 atom stereocenters. The zero-order valence-electron chi connectivity index (χ0n) is 10.4. The zero-order valence-corrected chi connectivity index (χ0v) is 11.9. The van der Waals surface area contributed by atoms with Crippen LogP contribution in [0.25, 0.3) is 0 Å². The first-order valence-corrected chi connectivity index (χ1v) is 6.96. The summed E-state index contributed by atoms with van der Waals surface area (Å²) in [5.74, 6) is -0.119. The molecule has 1 heterocycles. The number of nitrogens with two attached hydrogens (primary N) is 1. The van der Waals surface area contributed by atoms with E-state index in [0.29, 0.717) is 10.7 Å². The van der Waals surface area contributed by atoms with Gasteiger partial charge in [0.1, 0.15) is 0 Å². The lowest BCUT2D eigenvalue weighted by atomic mass is 10.3. The number of amidine groups is 1. The molecular weight excluding hydrogens is 298 g/mol. The molecule has 2 aromatic rings. The predicted molar refractivity (Wildman–Crippen MR) is 81.1 cm³/mol. The van der Waals surface area contributed by atoms with Gasteiger partial charge in [-0.05, 0) is 23.6 Å². The van der Waals surface area contributed by atoms with Crippen molar-refractivity contribution in [1.82, 2.24) is 0 Å². The van der Waals surface area contributed by atoms with E-state index >= 15 is 0 Å². The Balaban J connectivity index is 1.84. The highest BCUT2D eigenvalue weighted by Gasteiger charge is 2.06. The molecule has 20 heavy (non-hydrogen) atoms. The van der Waals surface area contributed by atoms with Gasteiger partial charge in [0, 0.05) is 0 Å². The van der Waals surface area contributed by atoms with Crippen molar-refractivity contribution < 1.29 is 9.63 Å². The zero-order chi connectivity index (χ0) is 14.4. The molecule has 0 aliphatic rings. The lowest BCUT2D eigenvalue weighted by molar-refractivity contribution is -0.120. The normalized spacial score (nSPS) is 11.2. The molecule has 1 amide bonds. The van der Waals surface area contributed by atoms with Gasteiger partial charge in [0.05, 0.1) is 15.6 Å². The number of anilines is 1. The summed E-state index contributed by atoms with van der Waals surface area (Å²) in [5, 5.41) is 8.63. The van der Waals surface area contributed by atoms with E-state index in [9.17, 15) is 4.79 Å². The average molecular weight is 310 g/mol. The van der Waals surface area contributed by atoms with Crippen molar-refractivity contribution in [3.8, 4) is 0 Å².